The number of hydrogen-bond acceptors (Lipinski definition) is 3. The largest absolute Gasteiger partial charge is 0.489 e. The Morgan fingerprint density at radius 1 is 1.21 bits per heavy atom. The van der Waals surface area contributed by atoms with Crippen molar-refractivity contribution in [2.24, 2.45) is 34.5 Å². The first-order valence-electron chi connectivity index (χ1n) is 11.6. The molecule has 8 atom stereocenters. The molecule has 0 N–H and O–H groups in total. The van der Waals surface area contributed by atoms with Crippen molar-refractivity contribution in [3.63, 3.8) is 0 Å². The van der Waals surface area contributed by atoms with E-state index >= 15 is 0 Å². The summed E-state index contributed by atoms with van der Waals surface area (Å²) < 4.78 is 6.39. The lowest BCUT2D eigenvalue weighted by molar-refractivity contribution is -0.164. The molecule has 4 nitrogen and oxygen atoms in total. The standard InChI is InChI=1S/C25H36N2O2/c1-16-12-21-25(3,10-8-22(28)27(21)4)19-7-9-24(2)14-18(13-20(24)23(16)19)29-17-6-5-11-26-15-17/h5-6,11,15-16,18-21,23H,7-10,12-14H2,1-4H3/t16-,18-,19-,20-,21+,23?,24+,25+/m0/s1. The number of nitrogens with zero attached hydrogens (tertiary/aromatic N) is 2. The van der Waals surface area contributed by atoms with Crippen LogP contribution in [0.15, 0.2) is 24.5 Å². The van der Waals surface area contributed by atoms with E-state index in [0.29, 0.717) is 29.4 Å². The average molecular weight is 397 g/mol. The van der Waals surface area contributed by atoms with Crippen molar-refractivity contribution in [2.45, 2.75) is 77.9 Å². The zero-order valence-corrected chi connectivity index (χ0v) is 18.4. The third kappa shape index (κ3) is 2.92. The summed E-state index contributed by atoms with van der Waals surface area (Å²) in [5, 5.41) is 0. The molecule has 0 bridgehead atoms. The van der Waals surface area contributed by atoms with Gasteiger partial charge < -0.3 is 9.64 Å². The number of likely N-dealkylation sites (tertiary alicyclic amines) is 1. The summed E-state index contributed by atoms with van der Waals surface area (Å²) in [7, 11) is 2.05. The highest BCUT2D eigenvalue weighted by atomic mass is 16.5. The van der Waals surface area contributed by atoms with Crippen molar-refractivity contribution in [1.82, 2.24) is 9.88 Å². The Kier molecular flexibility index (Phi) is 4.49. The van der Waals surface area contributed by atoms with Gasteiger partial charge in [0.25, 0.3) is 0 Å². The Labute approximate surface area is 175 Å². The average Bonchev–Trinajstić information content (AvgIpc) is 3.03. The van der Waals surface area contributed by atoms with Crippen LogP contribution < -0.4 is 4.74 Å². The van der Waals surface area contributed by atoms with E-state index in [-0.39, 0.29) is 5.41 Å². The number of ether oxygens (including phenoxy) is 1. The van der Waals surface area contributed by atoms with Crippen molar-refractivity contribution >= 4 is 5.91 Å². The van der Waals surface area contributed by atoms with Gasteiger partial charge in [-0.2, -0.15) is 0 Å². The predicted molar refractivity (Wildman–Crippen MR) is 113 cm³/mol. The predicted octanol–water partition coefficient (Wildman–Crippen LogP) is 4.94. The fourth-order valence-corrected chi connectivity index (χ4v) is 8.16. The number of hydrogen-bond donors (Lipinski definition) is 0. The Bertz CT molecular complexity index is 782. The molecular formula is C25H36N2O2. The van der Waals surface area contributed by atoms with Gasteiger partial charge in [0.1, 0.15) is 5.75 Å². The summed E-state index contributed by atoms with van der Waals surface area (Å²) in [4.78, 5) is 18.7. The zero-order valence-electron chi connectivity index (χ0n) is 18.4. The summed E-state index contributed by atoms with van der Waals surface area (Å²) in [6.45, 7) is 7.49. The molecule has 1 aromatic heterocycles. The molecule has 1 saturated heterocycles. The van der Waals surface area contributed by atoms with Crippen LogP contribution in [0.5, 0.6) is 5.75 Å². The molecule has 1 aliphatic heterocycles. The minimum Gasteiger partial charge on any atom is -0.489 e. The van der Waals surface area contributed by atoms with Crippen LogP contribution >= 0.6 is 0 Å². The summed E-state index contributed by atoms with van der Waals surface area (Å²) in [5.74, 6) is 4.17. The minimum absolute atomic E-state index is 0.281. The summed E-state index contributed by atoms with van der Waals surface area (Å²) in [5.41, 5.74) is 0.672. The molecule has 0 spiro atoms. The highest BCUT2D eigenvalue weighted by molar-refractivity contribution is 5.77. The van der Waals surface area contributed by atoms with Crippen LogP contribution in [-0.4, -0.2) is 35.0 Å². The lowest BCUT2D eigenvalue weighted by Crippen LogP contribution is -2.62. The number of fused-ring (bicyclic) bond motifs is 5. The van der Waals surface area contributed by atoms with Crippen LogP contribution in [0.25, 0.3) is 0 Å². The molecule has 3 saturated carbocycles. The van der Waals surface area contributed by atoms with Crippen LogP contribution in [0.3, 0.4) is 0 Å². The van der Waals surface area contributed by atoms with Gasteiger partial charge in [-0.05, 0) is 85.2 Å². The van der Waals surface area contributed by atoms with Crippen molar-refractivity contribution in [1.29, 1.82) is 0 Å². The molecule has 4 aliphatic rings. The van der Waals surface area contributed by atoms with Crippen molar-refractivity contribution in [3.8, 4) is 5.75 Å². The molecule has 0 aromatic carbocycles. The normalized spacial score (nSPS) is 46.6. The fourth-order valence-electron chi connectivity index (χ4n) is 8.16. The zero-order chi connectivity index (χ0) is 20.4. The fraction of sp³-hybridized carbons (Fsp3) is 0.760. The van der Waals surface area contributed by atoms with Gasteiger partial charge in [-0.25, -0.2) is 0 Å². The molecule has 1 aromatic rings. The van der Waals surface area contributed by atoms with Gasteiger partial charge in [-0.1, -0.05) is 20.8 Å². The van der Waals surface area contributed by atoms with Crippen molar-refractivity contribution < 1.29 is 9.53 Å². The molecule has 4 heteroatoms. The van der Waals surface area contributed by atoms with Gasteiger partial charge in [0, 0.05) is 25.7 Å². The molecule has 3 aliphatic carbocycles. The van der Waals surface area contributed by atoms with Crippen molar-refractivity contribution in [2.75, 3.05) is 7.05 Å². The van der Waals surface area contributed by atoms with Gasteiger partial charge in [-0.3, -0.25) is 9.78 Å². The quantitative estimate of drug-likeness (QED) is 0.711. The topological polar surface area (TPSA) is 42.4 Å². The van der Waals surface area contributed by atoms with E-state index in [1.165, 1.54) is 32.1 Å². The number of pyridine rings is 1. The monoisotopic (exact) mass is 396 g/mol. The Morgan fingerprint density at radius 3 is 2.79 bits per heavy atom. The Hall–Kier alpha value is -1.58. The molecule has 158 valence electrons. The number of piperidine rings is 1. The van der Waals surface area contributed by atoms with Gasteiger partial charge in [0.15, 0.2) is 0 Å². The molecule has 5 rings (SSSR count). The number of amides is 1. The van der Waals surface area contributed by atoms with E-state index in [9.17, 15) is 4.79 Å². The van der Waals surface area contributed by atoms with E-state index in [1.807, 2.05) is 18.3 Å². The SMILES string of the molecule is C[C@H]1C[C@H]2N(C)C(=O)CC[C@]2(C)[C@H]2CC[C@]3(C)C[C@@H](Oc4cccnc4)C[C@H]3C12. The number of carbonyl (C=O) groups excluding carboxylic acids is 1. The molecule has 2 heterocycles. The maximum absolute atomic E-state index is 12.4. The lowest BCUT2D eigenvalue weighted by atomic mass is 9.45. The van der Waals surface area contributed by atoms with Gasteiger partial charge in [0.05, 0.1) is 12.3 Å². The van der Waals surface area contributed by atoms with Crippen LogP contribution in [0.2, 0.25) is 0 Å². The molecule has 1 unspecified atom stereocenters. The molecule has 1 amide bonds. The number of carbonyl (C=O) groups is 1. The molecular weight excluding hydrogens is 360 g/mol. The first-order chi connectivity index (χ1) is 13.8. The van der Waals surface area contributed by atoms with Gasteiger partial charge >= 0.3 is 0 Å². The maximum atomic E-state index is 12.4. The van der Waals surface area contributed by atoms with Crippen LogP contribution in [0.1, 0.15) is 65.7 Å². The van der Waals surface area contributed by atoms with E-state index in [1.54, 1.807) is 6.20 Å². The third-order valence-corrected chi connectivity index (χ3v) is 9.60. The first kappa shape index (κ1) is 19.4. The van der Waals surface area contributed by atoms with E-state index in [4.69, 9.17) is 4.74 Å². The summed E-state index contributed by atoms with van der Waals surface area (Å²) in [6, 6.07) is 4.41. The van der Waals surface area contributed by atoms with E-state index in [0.717, 1.165) is 36.3 Å². The Balaban J connectivity index is 1.41. The van der Waals surface area contributed by atoms with E-state index in [2.05, 4.69) is 37.7 Å². The highest BCUT2D eigenvalue weighted by Crippen LogP contribution is 2.66. The first-order valence-corrected chi connectivity index (χ1v) is 11.6. The summed E-state index contributed by atoms with van der Waals surface area (Å²) >= 11 is 0. The van der Waals surface area contributed by atoms with Gasteiger partial charge in [-0.15, -0.1) is 0 Å². The molecule has 4 fully saturated rings. The smallest absolute Gasteiger partial charge is 0.222 e. The maximum Gasteiger partial charge on any atom is 0.222 e. The molecule has 0 radical (unpaired) electrons. The second-order valence-corrected chi connectivity index (χ2v) is 11.1. The number of rotatable bonds is 2. The van der Waals surface area contributed by atoms with Gasteiger partial charge in [0.2, 0.25) is 5.91 Å². The lowest BCUT2D eigenvalue weighted by Gasteiger charge is -2.63. The second-order valence-electron chi connectivity index (χ2n) is 11.1. The highest BCUT2D eigenvalue weighted by Gasteiger charge is 2.62. The molecule has 29 heavy (non-hydrogen) atoms. The Morgan fingerprint density at radius 2 is 2.03 bits per heavy atom. The van der Waals surface area contributed by atoms with Crippen LogP contribution in [-0.2, 0) is 4.79 Å². The number of aromatic nitrogens is 1. The minimum atomic E-state index is 0.281. The van der Waals surface area contributed by atoms with E-state index < -0.39 is 0 Å². The van der Waals surface area contributed by atoms with Crippen LogP contribution in [0.4, 0.5) is 0 Å². The summed E-state index contributed by atoms with van der Waals surface area (Å²) in [6.07, 6.45) is 11.9. The second kappa shape index (κ2) is 6.72. The van der Waals surface area contributed by atoms with Crippen LogP contribution in [0, 0.1) is 34.5 Å². The van der Waals surface area contributed by atoms with Crippen molar-refractivity contribution in [3.05, 3.63) is 24.5 Å². The third-order valence-electron chi connectivity index (χ3n) is 9.60.